The van der Waals surface area contributed by atoms with E-state index >= 15 is 0 Å². The van der Waals surface area contributed by atoms with Gasteiger partial charge in [0.15, 0.2) is 0 Å². The van der Waals surface area contributed by atoms with Gasteiger partial charge in [0.25, 0.3) is 0 Å². The van der Waals surface area contributed by atoms with Crippen LogP contribution < -0.4 is 0 Å². The van der Waals surface area contributed by atoms with Crippen LogP contribution in [0.5, 0.6) is 0 Å². The van der Waals surface area contributed by atoms with Crippen LogP contribution in [0.2, 0.25) is 0 Å². The zero-order valence-electron chi connectivity index (χ0n) is 19.1. The fourth-order valence-corrected chi connectivity index (χ4v) is 5.74. The molecule has 3 aliphatic rings. The summed E-state index contributed by atoms with van der Waals surface area (Å²) in [6.45, 7) is 1.99. The Labute approximate surface area is 191 Å². The third kappa shape index (κ3) is 4.51. The Kier molecular flexibility index (Phi) is 6.12. The van der Waals surface area contributed by atoms with Gasteiger partial charge in [-0.25, -0.2) is 0 Å². The molecule has 32 heavy (non-hydrogen) atoms. The third-order valence-corrected chi connectivity index (χ3v) is 7.62. The van der Waals surface area contributed by atoms with E-state index in [4.69, 9.17) is 0 Å². The topological polar surface area (TPSA) is 36.4 Å². The number of rotatable bonds is 8. The second-order valence-corrected chi connectivity index (χ2v) is 9.87. The Balaban J connectivity index is 1.13. The van der Waals surface area contributed by atoms with Crippen LogP contribution in [0.3, 0.4) is 0 Å². The van der Waals surface area contributed by atoms with E-state index in [2.05, 4.69) is 77.6 Å². The van der Waals surface area contributed by atoms with E-state index in [1.807, 2.05) is 12.3 Å². The lowest BCUT2D eigenvalue weighted by molar-refractivity contribution is -0.0574. The number of aryl methyl sites for hydroxylation is 1. The van der Waals surface area contributed by atoms with Crippen molar-refractivity contribution in [3.8, 4) is 0 Å². The first-order valence-electron chi connectivity index (χ1n) is 12.1. The molecule has 0 saturated heterocycles. The first-order valence-corrected chi connectivity index (χ1v) is 12.1. The second kappa shape index (κ2) is 9.17. The lowest BCUT2D eigenvalue weighted by Crippen LogP contribution is -2.48. The molecule has 3 aromatic rings. The fourth-order valence-electron chi connectivity index (χ4n) is 5.74. The number of fused-ring (bicyclic) bond motifs is 3. The Bertz CT molecular complexity index is 1090. The minimum absolute atomic E-state index is 0.291. The van der Waals surface area contributed by atoms with Crippen molar-refractivity contribution in [1.29, 1.82) is 0 Å². The SMILES string of the molecule is CN(CCCc1cnc2ccccc2c1)CC[C@]1(O)C[C@H]2CC[C@H]1C=C2c1ccccc1. The van der Waals surface area contributed by atoms with Gasteiger partial charge < -0.3 is 10.0 Å². The average Bonchev–Trinajstić information content (AvgIpc) is 2.83. The minimum Gasteiger partial charge on any atom is -0.389 e. The summed E-state index contributed by atoms with van der Waals surface area (Å²) in [6, 6.07) is 21.3. The highest BCUT2D eigenvalue weighted by molar-refractivity contribution is 5.78. The van der Waals surface area contributed by atoms with Crippen molar-refractivity contribution in [2.24, 2.45) is 11.8 Å². The Hall–Kier alpha value is -2.49. The number of nitrogens with zero attached hydrogens (tertiary/aromatic N) is 2. The highest BCUT2D eigenvalue weighted by Crippen LogP contribution is 2.51. The molecule has 3 atom stereocenters. The van der Waals surface area contributed by atoms with E-state index in [-0.39, 0.29) is 0 Å². The van der Waals surface area contributed by atoms with Gasteiger partial charge in [-0.3, -0.25) is 4.98 Å². The van der Waals surface area contributed by atoms with Crippen LogP contribution in [0.1, 0.15) is 43.2 Å². The molecule has 1 aromatic heterocycles. The van der Waals surface area contributed by atoms with E-state index in [1.165, 1.54) is 28.5 Å². The number of pyridine rings is 1. The number of aromatic nitrogens is 1. The summed E-state index contributed by atoms with van der Waals surface area (Å²) in [7, 11) is 2.19. The second-order valence-electron chi connectivity index (χ2n) is 9.87. The maximum Gasteiger partial charge on any atom is 0.0728 e. The normalized spacial score (nSPS) is 24.8. The zero-order valence-corrected chi connectivity index (χ0v) is 19.1. The predicted octanol–water partition coefficient (Wildman–Crippen LogP) is 5.73. The van der Waals surface area contributed by atoms with Crippen LogP contribution in [0, 0.1) is 11.8 Å². The standard InChI is InChI=1S/C29H34N2O/c1-31(16-7-8-22-18-24-11-5-6-12-28(24)30-21-22)17-15-29(32)20-25-13-14-26(29)19-27(25)23-9-3-2-4-10-23/h2-6,9-12,18-19,21,25-26,32H,7-8,13-17,20H2,1H3/t25-,26+,29+/m1/s1. The molecule has 3 heteroatoms. The number of benzene rings is 2. The largest absolute Gasteiger partial charge is 0.389 e. The zero-order chi connectivity index (χ0) is 22.0. The molecule has 3 nitrogen and oxygen atoms in total. The van der Waals surface area contributed by atoms with Crippen molar-refractivity contribution in [2.45, 2.75) is 44.1 Å². The summed E-state index contributed by atoms with van der Waals surface area (Å²) in [5.41, 5.74) is 4.62. The van der Waals surface area contributed by atoms with Crippen LogP contribution in [0.4, 0.5) is 0 Å². The molecule has 1 fully saturated rings. The van der Waals surface area contributed by atoms with Gasteiger partial charge in [0, 0.05) is 24.0 Å². The molecule has 166 valence electrons. The number of para-hydroxylation sites is 1. The van der Waals surface area contributed by atoms with Crippen LogP contribution in [0.25, 0.3) is 16.5 Å². The average molecular weight is 427 g/mol. The highest BCUT2D eigenvalue weighted by Gasteiger charge is 2.46. The predicted molar refractivity (Wildman–Crippen MR) is 132 cm³/mol. The number of allylic oxidation sites excluding steroid dienone is 1. The maximum atomic E-state index is 11.5. The highest BCUT2D eigenvalue weighted by atomic mass is 16.3. The van der Waals surface area contributed by atoms with Gasteiger partial charge in [-0.2, -0.15) is 0 Å². The summed E-state index contributed by atoms with van der Waals surface area (Å²) in [6.07, 6.45) is 10.7. The summed E-state index contributed by atoms with van der Waals surface area (Å²) in [4.78, 5) is 6.97. The number of hydrogen-bond acceptors (Lipinski definition) is 3. The lowest BCUT2D eigenvalue weighted by Gasteiger charge is -2.48. The summed E-state index contributed by atoms with van der Waals surface area (Å²) < 4.78 is 0. The van der Waals surface area contributed by atoms with E-state index in [0.717, 1.165) is 50.7 Å². The molecule has 6 rings (SSSR count). The van der Waals surface area contributed by atoms with Crippen molar-refractivity contribution in [3.63, 3.8) is 0 Å². The molecule has 0 amide bonds. The van der Waals surface area contributed by atoms with Crippen molar-refractivity contribution in [3.05, 3.63) is 84.1 Å². The molecular weight excluding hydrogens is 392 g/mol. The van der Waals surface area contributed by atoms with Gasteiger partial charge in [0.2, 0.25) is 0 Å². The van der Waals surface area contributed by atoms with Gasteiger partial charge in [0.05, 0.1) is 11.1 Å². The van der Waals surface area contributed by atoms with Gasteiger partial charge in [-0.1, -0.05) is 54.6 Å². The molecule has 1 saturated carbocycles. The van der Waals surface area contributed by atoms with E-state index in [1.54, 1.807) is 0 Å². The molecule has 2 bridgehead atoms. The molecule has 0 aliphatic heterocycles. The van der Waals surface area contributed by atoms with Crippen LogP contribution in [-0.2, 0) is 6.42 Å². The minimum atomic E-state index is -0.544. The van der Waals surface area contributed by atoms with Crippen molar-refractivity contribution >= 4 is 16.5 Å². The van der Waals surface area contributed by atoms with Gasteiger partial charge in [-0.15, -0.1) is 0 Å². The molecular formula is C29H34N2O. The Morgan fingerprint density at radius 2 is 1.84 bits per heavy atom. The van der Waals surface area contributed by atoms with E-state index in [9.17, 15) is 5.11 Å². The van der Waals surface area contributed by atoms with Crippen molar-refractivity contribution in [1.82, 2.24) is 9.88 Å². The molecule has 3 aliphatic carbocycles. The van der Waals surface area contributed by atoms with Crippen molar-refractivity contribution in [2.75, 3.05) is 20.1 Å². The molecule has 1 heterocycles. The maximum absolute atomic E-state index is 11.5. The molecule has 2 aromatic carbocycles. The Morgan fingerprint density at radius 3 is 2.66 bits per heavy atom. The van der Waals surface area contributed by atoms with E-state index in [0.29, 0.717) is 11.8 Å². The lowest BCUT2D eigenvalue weighted by atomic mass is 9.61. The number of aliphatic hydroxyl groups is 1. The number of hydrogen-bond donors (Lipinski definition) is 1. The monoisotopic (exact) mass is 426 g/mol. The molecule has 0 unspecified atom stereocenters. The van der Waals surface area contributed by atoms with Gasteiger partial charge in [0.1, 0.15) is 0 Å². The first kappa shape index (κ1) is 21.4. The van der Waals surface area contributed by atoms with Crippen LogP contribution in [-0.4, -0.2) is 40.7 Å². The Morgan fingerprint density at radius 1 is 1.03 bits per heavy atom. The van der Waals surface area contributed by atoms with Crippen molar-refractivity contribution < 1.29 is 5.11 Å². The van der Waals surface area contributed by atoms with Crippen LogP contribution in [0.15, 0.2) is 72.9 Å². The summed E-state index contributed by atoms with van der Waals surface area (Å²) in [5.74, 6) is 0.790. The van der Waals surface area contributed by atoms with Gasteiger partial charge >= 0.3 is 0 Å². The quantitative estimate of drug-likeness (QED) is 0.499. The first-order chi connectivity index (χ1) is 15.6. The molecule has 1 N–H and O–H groups in total. The molecule has 0 radical (unpaired) electrons. The molecule has 0 spiro atoms. The third-order valence-electron chi connectivity index (χ3n) is 7.62. The smallest absolute Gasteiger partial charge is 0.0728 e. The summed E-state index contributed by atoms with van der Waals surface area (Å²) >= 11 is 0. The van der Waals surface area contributed by atoms with E-state index < -0.39 is 5.60 Å². The van der Waals surface area contributed by atoms with Crippen LogP contribution >= 0.6 is 0 Å². The van der Waals surface area contributed by atoms with Gasteiger partial charge in [-0.05, 0) is 86.9 Å². The summed E-state index contributed by atoms with van der Waals surface area (Å²) in [5, 5.41) is 12.7. The fraction of sp³-hybridized carbons (Fsp3) is 0.414.